The summed E-state index contributed by atoms with van der Waals surface area (Å²) in [5.41, 5.74) is 1.38. The Morgan fingerprint density at radius 3 is 1.75 bits per heavy atom. The molecule has 0 atom stereocenters. The van der Waals surface area contributed by atoms with Crippen LogP contribution < -0.4 is 37.2 Å². The predicted octanol–water partition coefficient (Wildman–Crippen LogP) is -6.36. The van der Waals surface area contributed by atoms with E-state index in [4.69, 9.17) is 0 Å². The van der Waals surface area contributed by atoms with E-state index in [0.29, 0.717) is 0 Å². The predicted molar refractivity (Wildman–Crippen MR) is 50.6 cm³/mol. The first-order valence-corrected chi connectivity index (χ1v) is 4.20. The third kappa shape index (κ3) is 7.19. The Bertz CT molecular complexity index is 235. The van der Waals surface area contributed by atoms with Gasteiger partial charge in [0.2, 0.25) is 0 Å². The van der Waals surface area contributed by atoms with Crippen molar-refractivity contribution in [3.8, 4) is 0 Å². The van der Waals surface area contributed by atoms with Crippen LogP contribution in [0.4, 0.5) is 0 Å². The normalized spacial score (nSPS) is 13.8. The summed E-state index contributed by atoms with van der Waals surface area (Å²) in [6, 6.07) is 10.5. The standard InChI is InChI=1S/C12H11.3ClH.Ti/c1-2-6-11(7-3-1)10-12-8-4-5-9-12;;;;/h1-9H,10H2;3*1H;/q;;;;+4/p-3. The summed E-state index contributed by atoms with van der Waals surface area (Å²) >= 11 is 0. The van der Waals surface area contributed by atoms with Crippen LogP contribution in [0.2, 0.25) is 0 Å². The Labute approximate surface area is 132 Å². The Morgan fingerprint density at radius 1 is 0.750 bits per heavy atom. The molecule has 0 heterocycles. The van der Waals surface area contributed by atoms with Crippen LogP contribution in [-0.2, 0) is 28.1 Å². The van der Waals surface area contributed by atoms with E-state index in [1.165, 1.54) is 11.5 Å². The molecule has 1 aromatic rings. The third-order valence-electron chi connectivity index (χ3n) is 1.98. The summed E-state index contributed by atoms with van der Waals surface area (Å²) < 4.78 is 0. The van der Waals surface area contributed by atoms with Gasteiger partial charge in [0.25, 0.3) is 0 Å². The molecule has 16 heavy (non-hydrogen) atoms. The molecule has 83 valence electrons. The molecule has 0 unspecified atom stereocenters. The van der Waals surface area contributed by atoms with E-state index in [0.717, 1.165) is 6.42 Å². The maximum Gasteiger partial charge on any atom is 4.00 e. The molecule has 0 aromatic heterocycles. The molecule has 0 aliphatic heterocycles. The largest absolute Gasteiger partial charge is 4.00 e. The zero-order valence-corrected chi connectivity index (χ0v) is 12.4. The first-order chi connectivity index (χ1) is 5.95. The molecule has 1 aliphatic carbocycles. The van der Waals surface area contributed by atoms with Gasteiger partial charge in [-0.1, -0.05) is 30.3 Å². The van der Waals surface area contributed by atoms with Crippen molar-refractivity contribution in [1.82, 2.24) is 0 Å². The van der Waals surface area contributed by atoms with Crippen LogP contribution in [0, 0.1) is 31.6 Å². The van der Waals surface area contributed by atoms with Crippen molar-refractivity contribution in [2.45, 2.75) is 6.42 Å². The van der Waals surface area contributed by atoms with Crippen LogP contribution in [0.15, 0.2) is 30.3 Å². The summed E-state index contributed by atoms with van der Waals surface area (Å²) in [5, 5.41) is 0. The van der Waals surface area contributed by atoms with E-state index in [-0.39, 0.29) is 58.9 Å². The third-order valence-corrected chi connectivity index (χ3v) is 1.98. The van der Waals surface area contributed by atoms with Gasteiger partial charge in [-0.3, -0.25) is 0 Å². The number of rotatable bonds is 2. The van der Waals surface area contributed by atoms with Crippen molar-refractivity contribution in [1.29, 1.82) is 0 Å². The van der Waals surface area contributed by atoms with Crippen LogP contribution >= 0.6 is 0 Å². The minimum Gasteiger partial charge on any atom is -1.00 e. The van der Waals surface area contributed by atoms with Crippen LogP contribution in [0.25, 0.3) is 0 Å². The molecule has 1 fully saturated rings. The smallest absolute Gasteiger partial charge is 1.00 e. The van der Waals surface area contributed by atoms with E-state index >= 15 is 0 Å². The average Bonchev–Trinajstić information content (AvgIpc) is 2.59. The van der Waals surface area contributed by atoms with Gasteiger partial charge in [-0.25, -0.2) is 0 Å². The molecule has 4 heteroatoms. The molecule has 0 N–H and O–H groups in total. The second-order valence-corrected chi connectivity index (χ2v) is 2.96. The van der Waals surface area contributed by atoms with E-state index in [1.54, 1.807) is 0 Å². The average molecular weight is 309 g/mol. The SMILES string of the molecule is [CH]1[CH][CH][C](Cc2ccccc2)[CH]1.[Cl-].[Cl-].[Cl-].[Ti+4]. The van der Waals surface area contributed by atoms with Gasteiger partial charge >= 0.3 is 21.7 Å². The number of halogens is 3. The van der Waals surface area contributed by atoms with Gasteiger partial charge in [0.05, 0.1) is 0 Å². The fourth-order valence-corrected chi connectivity index (χ4v) is 1.36. The van der Waals surface area contributed by atoms with E-state index in [2.05, 4.69) is 56.0 Å². The zero-order chi connectivity index (χ0) is 8.23. The summed E-state index contributed by atoms with van der Waals surface area (Å²) in [5.74, 6) is 1.39. The zero-order valence-electron chi connectivity index (χ0n) is 8.54. The molecule has 0 nitrogen and oxygen atoms in total. The van der Waals surface area contributed by atoms with E-state index in [9.17, 15) is 0 Å². The Hall–Kier alpha value is 0.804. The maximum atomic E-state index is 2.16. The maximum absolute atomic E-state index is 2.16. The van der Waals surface area contributed by atoms with Crippen molar-refractivity contribution in [3.05, 3.63) is 67.5 Å². The van der Waals surface area contributed by atoms with E-state index in [1.807, 2.05) is 0 Å². The molecule has 0 saturated heterocycles. The summed E-state index contributed by atoms with van der Waals surface area (Å²) in [7, 11) is 0. The van der Waals surface area contributed by atoms with Crippen molar-refractivity contribution < 1.29 is 58.9 Å². The van der Waals surface area contributed by atoms with Gasteiger partial charge in [0.15, 0.2) is 0 Å². The van der Waals surface area contributed by atoms with Crippen LogP contribution in [0.1, 0.15) is 5.56 Å². The Balaban J connectivity index is -0.000000422. The molecule has 2 rings (SSSR count). The fourth-order valence-electron chi connectivity index (χ4n) is 1.36. The summed E-state index contributed by atoms with van der Waals surface area (Å²) in [6.07, 6.45) is 9.53. The monoisotopic (exact) mass is 308 g/mol. The fraction of sp³-hybridized carbons (Fsp3) is 0.0833. The molecule has 0 spiro atoms. The second-order valence-electron chi connectivity index (χ2n) is 2.96. The van der Waals surface area contributed by atoms with Gasteiger partial charge in [-0.15, -0.1) is 0 Å². The topological polar surface area (TPSA) is 0 Å². The van der Waals surface area contributed by atoms with Crippen LogP contribution in [0.5, 0.6) is 0 Å². The Kier molecular flexibility index (Phi) is 16.9. The second kappa shape index (κ2) is 12.3. The van der Waals surface area contributed by atoms with Gasteiger partial charge in [0.1, 0.15) is 0 Å². The minimum absolute atomic E-state index is 0. The quantitative estimate of drug-likeness (QED) is 0.477. The van der Waals surface area contributed by atoms with Crippen LogP contribution in [0.3, 0.4) is 0 Å². The molecule has 1 saturated carbocycles. The van der Waals surface area contributed by atoms with Crippen LogP contribution in [-0.4, -0.2) is 0 Å². The number of hydrogen-bond donors (Lipinski definition) is 0. The first kappa shape index (κ1) is 22.0. The van der Waals surface area contributed by atoms with Gasteiger partial charge in [-0.2, -0.15) is 0 Å². The number of hydrogen-bond acceptors (Lipinski definition) is 0. The minimum atomic E-state index is 0. The molecule has 1 aromatic carbocycles. The molecule has 0 bridgehead atoms. The van der Waals surface area contributed by atoms with Crippen molar-refractivity contribution in [3.63, 3.8) is 0 Å². The molecular weight excluding hydrogens is 298 g/mol. The molecular formula is C12H11Cl3Ti+. The first-order valence-electron chi connectivity index (χ1n) is 4.20. The van der Waals surface area contributed by atoms with Crippen molar-refractivity contribution in [2.75, 3.05) is 0 Å². The van der Waals surface area contributed by atoms with Gasteiger partial charge in [-0.05, 0) is 43.6 Å². The summed E-state index contributed by atoms with van der Waals surface area (Å²) in [4.78, 5) is 0. The molecule has 1 aliphatic rings. The van der Waals surface area contributed by atoms with Crippen molar-refractivity contribution >= 4 is 0 Å². The van der Waals surface area contributed by atoms with Gasteiger partial charge in [0, 0.05) is 0 Å². The van der Waals surface area contributed by atoms with E-state index < -0.39 is 0 Å². The number of benzene rings is 1. The molecule has 5 radical (unpaired) electrons. The van der Waals surface area contributed by atoms with Crippen molar-refractivity contribution in [2.24, 2.45) is 0 Å². The molecule has 0 amide bonds. The summed E-state index contributed by atoms with van der Waals surface area (Å²) in [6.45, 7) is 0. The Morgan fingerprint density at radius 2 is 1.25 bits per heavy atom. The van der Waals surface area contributed by atoms with Gasteiger partial charge < -0.3 is 37.2 Å².